The lowest BCUT2D eigenvalue weighted by atomic mass is 10.1. The monoisotopic (exact) mass is 345 g/mol. The van der Waals surface area contributed by atoms with Gasteiger partial charge in [0, 0.05) is 29.9 Å². The van der Waals surface area contributed by atoms with Crippen LogP contribution in [0.5, 0.6) is 0 Å². The molecule has 4 heteroatoms. The summed E-state index contributed by atoms with van der Waals surface area (Å²) >= 11 is 0. The van der Waals surface area contributed by atoms with Gasteiger partial charge in [0.25, 0.3) is 0 Å². The van der Waals surface area contributed by atoms with Gasteiger partial charge in [-0.05, 0) is 25.5 Å². The Labute approximate surface area is 154 Å². The van der Waals surface area contributed by atoms with Crippen molar-refractivity contribution in [3.8, 4) is 11.3 Å². The van der Waals surface area contributed by atoms with Crippen LogP contribution in [0.25, 0.3) is 17.3 Å². The first-order chi connectivity index (χ1) is 12.7. The lowest BCUT2D eigenvalue weighted by Gasteiger charge is -2.02. The van der Waals surface area contributed by atoms with E-state index in [-0.39, 0.29) is 5.91 Å². The Morgan fingerprint density at radius 3 is 2.54 bits per heavy atom. The molecule has 0 aliphatic heterocycles. The zero-order valence-corrected chi connectivity index (χ0v) is 15.1. The van der Waals surface area contributed by atoms with Gasteiger partial charge in [-0.3, -0.25) is 9.48 Å². The standard InChI is InChI=1S/C22H23N3O/c1-3-23-21(26)14-13-20-16-25(15-18-7-5-4-6-8-18)24-22(20)19-11-9-17(2)10-12-19/h4-14,16H,3,15H2,1-2H3,(H,23,26)/b14-13+. The molecule has 1 N–H and O–H groups in total. The second-order valence-electron chi connectivity index (χ2n) is 6.21. The highest BCUT2D eigenvalue weighted by atomic mass is 16.1. The highest BCUT2D eigenvalue weighted by Crippen LogP contribution is 2.24. The van der Waals surface area contributed by atoms with Crippen LogP contribution in [-0.2, 0) is 11.3 Å². The van der Waals surface area contributed by atoms with Crippen molar-refractivity contribution in [3.05, 3.63) is 83.6 Å². The first-order valence-corrected chi connectivity index (χ1v) is 8.80. The van der Waals surface area contributed by atoms with Crippen LogP contribution in [0, 0.1) is 6.92 Å². The molecule has 1 heterocycles. The average molecular weight is 345 g/mol. The number of nitrogens with one attached hydrogen (secondary N) is 1. The fourth-order valence-electron chi connectivity index (χ4n) is 2.74. The number of rotatable bonds is 6. The molecular formula is C22H23N3O. The zero-order valence-electron chi connectivity index (χ0n) is 15.1. The number of hydrogen-bond acceptors (Lipinski definition) is 2. The smallest absolute Gasteiger partial charge is 0.243 e. The third kappa shape index (κ3) is 4.48. The fraction of sp³-hybridized carbons (Fsp3) is 0.182. The highest BCUT2D eigenvalue weighted by Gasteiger charge is 2.10. The molecule has 4 nitrogen and oxygen atoms in total. The second-order valence-corrected chi connectivity index (χ2v) is 6.21. The number of likely N-dealkylation sites (N-methyl/N-ethyl adjacent to an activating group) is 1. The fourth-order valence-corrected chi connectivity index (χ4v) is 2.74. The minimum atomic E-state index is -0.0989. The van der Waals surface area contributed by atoms with Crippen LogP contribution in [0.1, 0.15) is 23.6 Å². The van der Waals surface area contributed by atoms with E-state index in [1.54, 1.807) is 6.08 Å². The van der Waals surface area contributed by atoms with Gasteiger partial charge >= 0.3 is 0 Å². The number of aryl methyl sites for hydroxylation is 1. The topological polar surface area (TPSA) is 46.9 Å². The predicted molar refractivity (Wildman–Crippen MR) is 106 cm³/mol. The Hall–Kier alpha value is -3.14. The molecule has 0 saturated heterocycles. The molecule has 0 radical (unpaired) electrons. The van der Waals surface area contributed by atoms with Crippen molar-refractivity contribution < 1.29 is 4.79 Å². The number of nitrogens with zero attached hydrogens (tertiary/aromatic N) is 2. The van der Waals surface area contributed by atoms with Gasteiger partial charge in [0.05, 0.1) is 12.2 Å². The Morgan fingerprint density at radius 2 is 1.85 bits per heavy atom. The predicted octanol–water partition coefficient (Wildman–Crippen LogP) is 4.06. The molecule has 0 saturated carbocycles. The van der Waals surface area contributed by atoms with Gasteiger partial charge in [-0.1, -0.05) is 60.2 Å². The first-order valence-electron chi connectivity index (χ1n) is 8.80. The first kappa shape index (κ1) is 17.7. The average Bonchev–Trinajstić information content (AvgIpc) is 3.04. The van der Waals surface area contributed by atoms with E-state index < -0.39 is 0 Å². The maximum atomic E-state index is 11.8. The van der Waals surface area contributed by atoms with Gasteiger partial charge < -0.3 is 5.32 Å². The molecule has 0 unspecified atom stereocenters. The Balaban J connectivity index is 1.94. The molecule has 132 valence electrons. The molecule has 26 heavy (non-hydrogen) atoms. The second kappa shape index (κ2) is 8.30. The number of carbonyl (C=O) groups excluding carboxylic acids is 1. The summed E-state index contributed by atoms with van der Waals surface area (Å²) in [5.74, 6) is -0.0989. The molecule has 0 aliphatic rings. The van der Waals surface area contributed by atoms with Crippen LogP contribution in [-0.4, -0.2) is 22.2 Å². The van der Waals surface area contributed by atoms with E-state index in [1.807, 2.05) is 42.1 Å². The van der Waals surface area contributed by atoms with E-state index in [0.29, 0.717) is 13.1 Å². The number of amides is 1. The van der Waals surface area contributed by atoms with E-state index in [1.165, 1.54) is 11.1 Å². The van der Waals surface area contributed by atoms with Crippen LogP contribution < -0.4 is 5.32 Å². The van der Waals surface area contributed by atoms with Crippen LogP contribution in [0.2, 0.25) is 0 Å². The lowest BCUT2D eigenvalue weighted by molar-refractivity contribution is -0.116. The van der Waals surface area contributed by atoms with Crippen molar-refractivity contribution in [2.45, 2.75) is 20.4 Å². The summed E-state index contributed by atoms with van der Waals surface area (Å²) in [5, 5.41) is 7.54. The maximum Gasteiger partial charge on any atom is 0.243 e. The minimum Gasteiger partial charge on any atom is -0.353 e. The number of benzene rings is 2. The molecule has 1 amide bonds. The van der Waals surface area contributed by atoms with E-state index >= 15 is 0 Å². The van der Waals surface area contributed by atoms with Gasteiger partial charge in [-0.2, -0.15) is 5.10 Å². The molecule has 0 bridgehead atoms. The van der Waals surface area contributed by atoms with Gasteiger partial charge in [-0.15, -0.1) is 0 Å². The minimum absolute atomic E-state index is 0.0989. The van der Waals surface area contributed by atoms with Crippen molar-refractivity contribution in [2.24, 2.45) is 0 Å². The van der Waals surface area contributed by atoms with Crippen molar-refractivity contribution in [3.63, 3.8) is 0 Å². The molecule has 0 spiro atoms. The summed E-state index contributed by atoms with van der Waals surface area (Å²) in [6, 6.07) is 18.5. The third-order valence-corrected chi connectivity index (χ3v) is 4.07. The molecule has 0 fully saturated rings. The van der Waals surface area contributed by atoms with E-state index in [0.717, 1.165) is 16.8 Å². The van der Waals surface area contributed by atoms with E-state index in [9.17, 15) is 4.79 Å². The van der Waals surface area contributed by atoms with Crippen LogP contribution in [0.15, 0.2) is 66.9 Å². The molecule has 0 atom stereocenters. The SMILES string of the molecule is CCNC(=O)/C=C/c1cn(Cc2ccccc2)nc1-c1ccc(C)cc1. The molecule has 2 aromatic carbocycles. The van der Waals surface area contributed by atoms with Crippen molar-refractivity contribution in [2.75, 3.05) is 6.54 Å². The van der Waals surface area contributed by atoms with Gasteiger partial charge in [0.2, 0.25) is 5.91 Å². The summed E-state index contributed by atoms with van der Waals surface area (Å²) in [5.41, 5.74) is 5.23. The summed E-state index contributed by atoms with van der Waals surface area (Å²) in [6.07, 6.45) is 5.37. The van der Waals surface area contributed by atoms with Crippen molar-refractivity contribution in [1.82, 2.24) is 15.1 Å². The normalized spacial score (nSPS) is 11.0. The molecule has 3 rings (SSSR count). The van der Waals surface area contributed by atoms with E-state index in [4.69, 9.17) is 5.10 Å². The van der Waals surface area contributed by atoms with Gasteiger partial charge in [0.1, 0.15) is 0 Å². The molecule has 3 aromatic rings. The van der Waals surface area contributed by atoms with Crippen LogP contribution in [0.4, 0.5) is 0 Å². The van der Waals surface area contributed by atoms with Gasteiger partial charge in [0.15, 0.2) is 0 Å². The third-order valence-electron chi connectivity index (χ3n) is 4.07. The summed E-state index contributed by atoms with van der Waals surface area (Å²) < 4.78 is 1.92. The van der Waals surface area contributed by atoms with Crippen molar-refractivity contribution >= 4 is 12.0 Å². The van der Waals surface area contributed by atoms with E-state index in [2.05, 4.69) is 48.6 Å². The number of carbonyl (C=O) groups is 1. The van der Waals surface area contributed by atoms with Crippen molar-refractivity contribution in [1.29, 1.82) is 0 Å². The molecule has 0 aliphatic carbocycles. The van der Waals surface area contributed by atoms with Gasteiger partial charge in [-0.25, -0.2) is 0 Å². The van der Waals surface area contributed by atoms with Crippen LogP contribution >= 0.6 is 0 Å². The Bertz CT molecular complexity index is 893. The largest absolute Gasteiger partial charge is 0.353 e. The van der Waals surface area contributed by atoms with Crippen LogP contribution in [0.3, 0.4) is 0 Å². The maximum absolute atomic E-state index is 11.8. The summed E-state index contributed by atoms with van der Waals surface area (Å²) in [4.78, 5) is 11.8. The zero-order chi connectivity index (χ0) is 18.4. The molecular weight excluding hydrogens is 322 g/mol. The lowest BCUT2D eigenvalue weighted by Crippen LogP contribution is -2.19. The number of aromatic nitrogens is 2. The summed E-state index contributed by atoms with van der Waals surface area (Å²) in [7, 11) is 0. The Morgan fingerprint density at radius 1 is 1.12 bits per heavy atom. The number of hydrogen-bond donors (Lipinski definition) is 1. The quantitative estimate of drug-likeness (QED) is 0.685. The molecule has 1 aromatic heterocycles. The Kier molecular flexibility index (Phi) is 5.64. The highest BCUT2D eigenvalue weighted by molar-refractivity contribution is 5.92. The summed E-state index contributed by atoms with van der Waals surface area (Å²) in [6.45, 7) is 5.27.